The molecule has 0 amide bonds. The zero-order valence-corrected chi connectivity index (χ0v) is 14.4. The lowest BCUT2D eigenvalue weighted by Crippen LogP contribution is -2.23. The highest BCUT2D eigenvalue weighted by Crippen LogP contribution is 2.15. The largest absolute Gasteiger partial charge is 0.376 e. The van der Waals surface area contributed by atoms with Gasteiger partial charge in [-0.2, -0.15) is 8.42 Å². The second-order valence-electron chi connectivity index (χ2n) is 6.41. The standard InChI is InChI=1S/C16H26O4S/c1-13-6-8-15(9-7-13)21(17,18)20-11-10-14(2)12-19-16(3,4)5/h6-9,14H,10-12H2,1-5H3/t14-/m1/s1. The molecule has 0 spiro atoms. The molecule has 0 unspecified atom stereocenters. The first kappa shape index (κ1) is 18.1. The van der Waals surface area contributed by atoms with Crippen LogP contribution in [-0.4, -0.2) is 27.2 Å². The highest BCUT2D eigenvalue weighted by molar-refractivity contribution is 7.86. The molecule has 0 aliphatic rings. The van der Waals surface area contributed by atoms with E-state index < -0.39 is 10.1 Å². The lowest BCUT2D eigenvalue weighted by atomic mass is 10.1. The van der Waals surface area contributed by atoms with Gasteiger partial charge in [0.2, 0.25) is 0 Å². The van der Waals surface area contributed by atoms with Crippen LogP contribution in [0, 0.1) is 12.8 Å². The van der Waals surface area contributed by atoms with Crippen molar-refractivity contribution in [2.75, 3.05) is 13.2 Å². The van der Waals surface area contributed by atoms with Gasteiger partial charge in [-0.05, 0) is 52.2 Å². The SMILES string of the molecule is Cc1ccc(S(=O)(=O)OCC[C@@H](C)COC(C)(C)C)cc1. The smallest absolute Gasteiger partial charge is 0.296 e. The molecule has 1 rings (SSSR count). The van der Waals surface area contributed by atoms with Crippen LogP contribution in [0.1, 0.15) is 39.7 Å². The minimum Gasteiger partial charge on any atom is -0.376 e. The molecule has 0 aromatic heterocycles. The quantitative estimate of drug-likeness (QED) is 0.722. The Labute approximate surface area is 128 Å². The first-order chi connectivity index (χ1) is 9.60. The van der Waals surface area contributed by atoms with Gasteiger partial charge in [0.15, 0.2) is 0 Å². The highest BCUT2D eigenvalue weighted by atomic mass is 32.2. The van der Waals surface area contributed by atoms with Crippen LogP contribution in [-0.2, 0) is 19.0 Å². The van der Waals surface area contributed by atoms with Gasteiger partial charge in [-0.25, -0.2) is 0 Å². The van der Waals surface area contributed by atoms with Gasteiger partial charge in [0.05, 0.1) is 17.1 Å². The first-order valence-corrected chi connectivity index (χ1v) is 8.61. The fraction of sp³-hybridized carbons (Fsp3) is 0.625. The molecule has 0 aliphatic carbocycles. The molecule has 5 heteroatoms. The zero-order valence-electron chi connectivity index (χ0n) is 13.5. The van der Waals surface area contributed by atoms with E-state index in [2.05, 4.69) is 0 Å². The topological polar surface area (TPSA) is 52.6 Å². The van der Waals surface area contributed by atoms with E-state index in [0.717, 1.165) is 5.56 Å². The average molecular weight is 314 g/mol. The van der Waals surface area contributed by atoms with Crippen molar-refractivity contribution in [3.63, 3.8) is 0 Å². The molecule has 0 saturated carbocycles. The van der Waals surface area contributed by atoms with Crippen LogP contribution >= 0.6 is 0 Å². The van der Waals surface area contributed by atoms with E-state index in [-0.39, 0.29) is 23.0 Å². The molecule has 0 bridgehead atoms. The van der Waals surface area contributed by atoms with E-state index in [9.17, 15) is 8.42 Å². The van der Waals surface area contributed by atoms with Gasteiger partial charge in [0, 0.05) is 6.61 Å². The van der Waals surface area contributed by atoms with E-state index in [4.69, 9.17) is 8.92 Å². The van der Waals surface area contributed by atoms with E-state index in [1.807, 2.05) is 34.6 Å². The number of rotatable bonds is 7. The van der Waals surface area contributed by atoms with Crippen LogP contribution in [0.4, 0.5) is 0 Å². The van der Waals surface area contributed by atoms with E-state index in [1.54, 1.807) is 24.3 Å². The third-order valence-electron chi connectivity index (χ3n) is 2.96. The number of ether oxygens (including phenoxy) is 1. The number of benzene rings is 1. The monoisotopic (exact) mass is 314 g/mol. The molecule has 0 saturated heterocycles. The molecule has 0 fully saturated rings. The minimum absolute atomic E-state index is 0.172. The van der Waals surface area contributed by atoms with Gasteiger partial charge < -0.3 is 4.74 Å². The van der Waals surface area contributed by atoms with Crippen molar-refractivity contribution in [1.82, 2.24) is 0 Å². The maximum atomic E-state index is 12.0. The number of aryl methyl sites for hydroxylation is 1. The highest BCUT2D eigenvalue weighted by Gasteiger charge is 2.16. The molecule has 120 valence electrons. The van der Waals surface area contributed by atoms with Crippen LogP contribution in [0.5, 0.6) is 0 Å². The summed E-state index contributed by atoms with van der Waals surface area (Å²) in [6.07, 6.45) is 0.640. The van der Waals surface area contributed by atoms with Crippen molar-refractivity contribution in [3.8, 4) is 0 Å². The van der Waals surface area contributed by atoms with Crippen LogP contribution in [0.2, 0.25) is 0 Å². The molecule has 1 atom stereocenters. The summed E-state index contributed by atoms with van der Waals surface area (Å²) in [5.41, 5.74) is 0.838. The van der Waals surface area contributed by atoms with Crippen molar-refractivity contribution in [2.24, 2.45) is 5.92 Å². The van der Waals surface area contributed by atoms with Crippen molar-refractivity contribution >= 4 is 10.1 Å². The molecule has 0 radical (unpaired) electrons. The molecular weight excluding hydrogens is 288 g/mol. The fourth-order valence-electron chi connectivity index (χ4n) is 1.61. The maximum Gasteiger partial charge on any atom is 0.296 e. The third-order valence-corrected chi connectivity index (χ3v) is 4.29. The predicted molar refractivity (Wildman–Crippen MR) is 83.8 cm³/mol. The fourth-order valence-corrected chi connectivity index (χ4v) is 2.53. The second-order valence-corrected chi connectivity index (χ2v) is 8.02. The average Bonchev–Trinajstić information content (AvgIpc) is 2.36. The van der Waals surface area contributed by atoms with E-state index >= 15 is 0 Å². The van der Waals surface area contributed by atoms with Crippen molar-refractivity contribution in [1.29, 1.82) is 0 Å². The summed E-state index contributed by atoms with van der Waals surface area (Å²) in [7, 11) is -3.66. The normalized spacial score (nSPS) is 14.1. The number of hydrogen-bond acceptors (Lipinski definition) is 4. The molecular formula is C16H26O4S. The zero-order chi connectivity index (χ0) is 16.1. The summed E-state index contributed by atoms with van der Waals surface area (Å²) >= 11 is 0. The molecule has 21 heavy (non-hydrogen) atoms. The van der Waals surface area contributed by atoms with Crippen molar-refractivity contribution in [2.45, 2.75) is 51.5 Å². The number of hydrogen-bond donors (Lipinski definition) is 0. The molecule has 4 nitrogen and oxygen atoms in total. The Kier molecular flexibility index (Phi) is 6.38. The van der Waals surface area contributed by atoms with Crippen molar-refractivity contribution in [3.05, 3.63) is 29.8 Å². The van der Waals surface area contributed by atoms with Gasteiger partial charge in [0.1, 0.15) is 0 Å². The van der Waals surface area contributed by atoms with Gasteiger partial charge in [-0.15, -0.1) is 0 Å². The Balaban J connectivity index is 2.42. The van der Waals surface area contributed by atoms with Gasteiger partial charge in [-0.3, -0.25) is 4.18 Å². The Morgan fingerprint density at radius 1 is 1.14 bits per heavy atom. The van der Waals surface area contributed by atoms with E-state index in [1.165, 1.54) is 0 Å². The molecule has 0 N–H and O–H groups in total. The molecule has 1 aromatic rings. The summed E-state index contributed by atoms with van der Waals surface area (Å²) in [5.74, 6) is 0.248. The van der Waals surface area contributed by atoms with Gasteiger partial charge in [-0.1, -0.05) is 24.6 Å². The summed E-state index contributed by atoms with van der Waals surface area (Å²) in [6.45, 7) is 10.7. The lowest BCUT2D eigenvalue weighted by molar-refractivity contribution is -0.0220. The predicted octanol–water partition coefficient (Wildman–Crippen LogP) is 3.54. The van der Waals surface area contributed by atoms with Crippen LogP contribution in [0.25, 0.3) is 0 Å². The first-order valence-electron chi connectivity index (χ1n) is 7.20. The molecule has 0 heterocycles. The Hall–Kier alpha value is -0.910. The Morgan fingerprint density at radius 3 is 2.24 bits per heavy atom. The second kappa shape index (κ2) is 7.38. The van der Waals surface area contributed by atoms with Crippen LogP contribution in [0.15, 0.2) is 29.2 Å². The van der Waals surface area contributed by atoms with Gasteiger partial charge >= 0.3 is 0 Å². The third kappa shape index (κ3) is 7.07. The Bertz CT molecular complexity index is 526. The van der Waals surface area contributed by atoms with Crippen LogP contribution < -0.4 is 0 Å². The molecule has 0 aliphatic heterocycles. The summed E-state index contributed by atoms with van der Waals surface area (Å²) in [4.78, 5) is 0.201. The van der Waals surface area contributed by atoms with Crippen LogP contribution in [0.3, 0.4) is 0 Å². The van der Waals surface area contributed by atoms with E-state index in [0.29, 0.717) is 13.0 Å². The minimum atomic E-state index is -3.66. The molecule has 1 aromatic carbocycles. The van der Waals surface area contributed by atoms with Crippen molar-refractivity contribution < 1.29 is 17.3 Å². The summed E-state index contributed by atoms with van der Waals surface area (Å²) < 4.78 is 34.7. The summed E-state index contributed by atoms with van der Waals surface area (Å²) in [5, 5.41) is 0. The maximum absolute atomic E-state index is 12.0. The Morgan fingerprint density at radius 2 is 1.71 bits per heavy atom. The summed E-state index contributed by atoms with van der Waals surface area (Å²) in [6, 6.07) is 6.65. The lowest BCUT2D eigenvalue weighted by Gasteiger charge is -2.22. The van der Waals surface area contributed by atoms with Gasteiger partial charge in [0.25, 0.3) is 10.1 Å².